The predicted molar refractivity (Wildman–Crippen MR) is 51.2 cm³/mol. The lowest BCUT2D eigenvalue weighted by Crippen LogP contribution is -2.41. The summed E-state index contributed by atoms with van der Waals surface area (Å²) in [6.45, 7) is 1.47. The average molecular weight is 250 g/mol. The van der Waals surface area contributed by atoms with Crippen molar-refractivity contribution in [2.24, 2.45) is 5.73 Å². The fourth-order valence-electron chi connectivity index (χ4n) is 0.767. The minimum atomic E-state index is -1.31. The van der Waals surface area contributed by atoms with Crippen LogP contribution >= 0.6 is 27.3 Å². The molecule has 0 saturated carbocycles. The van der Waals surface area contributed by atoms with E-state index >= 15 is 0 Å². The molecule has 0 spiro atoms. The van der Waals surface area contributed by atoms with Crippen molar-refractivity contribution < 1.29 is 9.90 Å². The lowest BCUT2D eigenvalue weighted by Gasteiger charge is -2.18. The summed E-state index contributed by atoms with van der Waals surface area (Å²) < 4.78 is 0.750. The third-order valence-electron chi connectivity index (χ3n) is 1.62. The Labute approximate surface area is 82.3 Å². The van der Waals surface area contributed by atoms with Gasteiger partial charge in [0.25, 0.3) is 0 Å². The van der Waals surface area contributed by atoms with E-state index in [4.69, 9.17) is 10.8 Å². The molecule has 1 aromatic rings. The van der Waals surface area contributed by atoms with Crippen LogP contribution in [0.2, 0.25) is 0 Å². The zero-order valence-corrected chi connectivity index (χ0v) is 8.78. The van der Waals surface area contributed by atoms with Crippen LogP contribution in [-0.2, 0) is 10.3 Å². The van der Waals surface area contributed by atoms with Gasteiger partial charge in [-0.1, -0.05) is 0 Å². The summed E-state index contributed by atoms with van der Waals surface area (Å²) >= 11 is 4.66. The number of aliphatic carboxylic acids is 1. The molecule has 0 aliphatic rings. The summed E-state index contributed by atoms with van der Waals surface area (Å²) in [6, 6.07) is 0. The Balaban J connectivity index is 3.13. The van der Waals surface area contributed by atoms with Crippen molar-refractivity contribution in [1.82, 2.24) is 0 Å². The van der Waals surface area contributed by atoms with Gasteiger partial charge < -0.3 is 10.8 Å². The second kappa shape index (κ2) is 3.16. The van der Waals surface area contributed by atoms with Gasteiger partial charge >= 0.3 is 5.97 Å². The highest BCUT2D eigenvalue weighted by Crippen LogP contribution is 2.29. The highest BCUT2D eigenvalue weighted by atomic mass is 79.9. The molecule has 1 aromatic heterocycles. The van der Waals surface area contributed by atoms with Crippen LogP contribution in [0.4, 0.5) is 0 Å². The van der Waals surface area contributed by atoms with Crippen LogP contribution in [0.1, 0.15) is 12.5 Å². The van der Waals surface area contributed by atoms with E-state index in [2.05, 4.69) is 15.9 Å². The Morgan fingerprint density at radius 2 is 2.33 bits per heavy atom. The molecule has 66 valence electrons. The number of thiophene rings is 1. The van der Waals surface area contributed by atoms with Gasteiger partial charge in [-0.05, 0) is 28.2 Å². The molecule has 0 aliphatic heterocycles. The summed E-state index contributed by atoms with van der Waals surface area (Å²) in [7, 11) is 0. The first-order chi connectivity index (χ1) is 5.46. The fraction of sp³-hybridized carbons (Fsp3) is 0.286. The van der Waals surface area contributed by atoms with Crippen molar-refractivity contribution in [3.05, 3.63) is 20.8 Å². The Bertz CT molecular complexity index is 308. The largest absolute Gasteiger partial charge is 0.480 e. The molecule has 3 N–H and O–H groups in total. The number of carboxylic acids is 1. The molecule has 0 amide bonds. The minimum absolute atomic E-state index is 0.611. The lowest BCUT2D eigenvalue weighted by atomic mass is 9.97. The number of nitrogens with two attached hydrogens (primary N) is 1. The molecule has 1 atom stereocenters. The van der Waals surface area contributed by atoms with Gasteiger partial charge in [0.15, 0.2) is 0 Å². The summed E-state index contributed by atoms with van der Waals surface area (Å²) in [5.41, 5.74) is 4.91. The third kappa shape index (κ3) is 1.53. The normalized spacial score (nSPS) is 15.6. The maximum Gasteiger partial charge on any atom is 0.328 e. The van der Waals surface area contributed by atoms with E-state index in [0.717, 1.165) is 4.47 Å². The SMILES string of the molecule is C[C@@](N)(C(=O)O)c1cscc1Br. The van der Waals surface area contributed by atoms with Crippen LogP contribution in [0.3, 0.4) is 0 Å². The zero-order chi connectivity index (χ0) is 9.35. The molecule has 0 aliphatic carbocycles. The van der Waals surface area contributed by atoms with Gasteiger partial charge in [0.2, 0.25) is 0 Å². The van der Waals surface area contributed by atoms with Gasteiger partial charge in [-0.3, -0.25) is 0 Å². The highest BCUT2D eigenvalue weighted by Gasteiger charge is 2.32. The molecule has 0 saturated heterocycles. The standard InChI is InChI=1S/C7H8BrNO2S/c1-7(9,6(10)11)4-2-12-3-5(4)8/h2-3H,9H2,1H3,(H,10,11)/t7-/m0/s1. The molecule has 1 heterocycles. The topological polar surface area (TPSA) is 63.3 Å². The molecular formula is C7H8BrNO2S. The van der Waals surface area contributed by atoms with Gasteiger partial charge in [0.1, 0.15) is 5.54 Å². The van der Waals surface area contributed by atoms with E-state index in [9.17, 15) is 4.79 Å². The lowest BCUT2D eigenvalue weighted by molar-refractivity contribution is -0.143. The Kier molecular flexibility index (Phi) is 2.55. The quantitative estimate of drug-likeness (QED) is 0.840. The van der Waals surface area contributed by atoms with E-state index in [1.54, 1.807) is 5.38 Å². The Hall–Kier alpha value is -0.390. The number of halogens is 1. The number of rotatable bonds is 2. The summed E-state index contributed by atoms with van der Waals surface area (Å²) in [4.78, 5) is 10.7. The summed E-state index contributed by atoms with van der Waals surface area (Å²) in [5, 5.41) is 12.3. The molecule has 0 radical (unpaired) electrons. The first kappa shape index (κ1) is 9.70. The van der Waals surface area contributed by atoms with Gasteiger partial charge in [-0.25, -0.2) is 4.79 Å². The Morgan fingerprint density at radius 1 is 1.75 bits per heavy atom. The van der Waals surface area contributed by atoms with Crippen LogP contribution in [0.5, 0.6) is 0 Å². The van der Waals surface area contributed by atoms with Crippen LogP contribution < -0.4 is 5.73 Å². The molecule has 12 heavy (non-hydrogen) atoms. The Morgan fingerprint density at radius 3 is 2.67 bits per heavy atom. The van der Waals surface area contributed by atoms with Crippen LogP contribution in [-0.4, -0.2) is 11.1 Å². The van der Waals surface area contributed by atoms with E-state index in [0.29, 0.717) is 5.56 Å². The van der Waals surface area contributed by atoms with E-state index in [1.165, 1.54) is 18.3 Å². The van der Waals surface area contributed by atoms with Crippen LogP contribution in [0.25, 0.3) is 0 Å². The van der Waals surface area contributed by atoms with Crippen LogP contribution in [0.15, 0.2) is 15.2 Å². The fourth-order valence-corrected chi connectivity index (χ4v) is 2.59. The number of hydrogen-bond donors (Lipinski definition) is 2. The number of hydrogen-bond acceptors (Lipinski definition) is 3. The molecular weight excluding hydrogens is 242 g/mol. The molecule has 0 bridgehead atoms. The second-order valence-electron chi connectivity index (χ2n) is 2.64. The monoisotopic (exact) mass is 249 g/mol. The molecule has 0 fully saturated rings. The molecule has 0 unspecified atom stereocenters. The first-order valence-electron chi connectivity index (χ1n) is 3.20. The van der Waals surface area contributed by atoms with Gasteiger partial charge in [-0.15, -0.1) is 0 Å². The smallest absolute Gasteiger partial charge is 0.328 e. The number of carbonyl (C=O) groups is 1. The molecule has 5 heteroatoms. The van der Waals surface area contributed by atoms with Gasteiger partial charge in [0, 0.05) is 15.4 Å². The second-order valence-corrected chi connectivity index (χ2v) is 4.24. The summed E-state index contributed by atoms with van der Waals surface area (Å²) in [6.07, 6.45) is 0. The van der Waals surface area contributed by atoms with Crippen molar-refractivity contribution in [3.63, 3.8) is 0 Å². The van der Waals surface area contributed by atoms with Crippen LogP contribution in [0, 0.1) is 0 Å². The molecule has 3 nitrogen and oxygen atoms in total. The van der Waals surface area contributed by atoms with E-state index in [1.807, 2.05) is 5.38 Å². The maximum absolute atomic E-state index is 10.7. The van der Waals surface area contributed by atoms with Crippen molar-refractivity contribution in [2.45, 2.75) is 12.5 Å². The number of carboxylic acid groups (broad SMARTS) is 1. The minimum Gasteiger partial charge on any atom is -0.480 e. The average Bonchev–Trinajstić information content (AvgIpc) is 2.35. The van der Waals surface area contributed by atoms with Gasteiger partial charge in [0.05, 0.1) is 0 Å². The van der Waals surface area contributed by atoms with E-state index in [-0.39, 0.29) is 0 Å². The van der Waals surface area contributed by atoms with Crippen molar-refractivity contribution in [1.29, 1.82) is 0 Å². The van der Waals surface area contributed by atoms with Crippen molar-refractivity contribution in [2.75, 3.05) is 0 Å². The predicted octanol–water partition coefficient (Wildman–Crippen LogP) is 1.77. The zero-order valence-electron chi connectivity index (χ0n) is 6.37. The summed E-state index contributed by atoms with van der Waals surface area (Å²) in [5.74, 6) is -1.03. The highest BCUT2D eigenvalue weighted by molar-refractivity contribution is 9.10. The maximum atomic E-state index is 10.7. The van der Waals surface area contributed by atoms with Gasteiger partial charge in [-0.2, -0.15) is 11.3 Å². The van der Waals surface area contributed by atoms with Crippen molar-refractivity contribution >= 4 is 33.2 Å². The third-order valence-corrected chi connectivity index (χ3v) is 3.32. The van der Waals surface area contributed by atoms with Crippen molar-refractivity contribution in [3.8, 4) is 0 Å². The molecule has 0 aromatic carbocycles. The molecule has 1 rings (SSSR count). The first-order valence-corrected chi connectivity index (χ1v) is 4.94. The van der Waals surface area contributed by atoms with E-state index < -0.39 is 11.5 Å².